The van der Waals surface area contributed by atoms with E-state index in [0.717, 1.165) is 20.5 Å². The molecule has 0 spiro atoms. The molecule has 24 heavy (non-hydrogen) atoms. The van der Waals surface area contributed by atoms with Crippen LogP contribution in [0, 0.1) is 13.8 Å². The highest BCUT2D eigenvalue weighted by molar-refractivity contribution is 7.12. The standard InChI is InChI=1S/C19H17NO3S/c1-12-10-16(13(2)24-12)19(22)23-11-18(21)20-17-9-5-7-14-6-3-4-8-15(14)17/h3-10H,11H2,1-2H3,(H,20,21). The Morgan fingerprint density at radius 3 is 2.58 bits per heavy atom. The molecule has 0 aliphatic heterocycles. The molecule has 1 N–H and O–H groups in total. The SMILES string of the molecule is Cc1cc(C(=O)OCC(=O)Nc2cccc3ccccc23)c(C)s1. The summed E-state index contributed by atoms with van der Waals surface area (Å²) in [4.78, 5) is 26.1. The number of benzene rings is 2. The molecule has 1 amide bonds. The molecule has 0 aliphatic rings. The van der Waals surface area contributed by atoms with Crippen LogP contribution in [0.1, 0.15) is 20.1 Å². The van der Waals surface area contributed by atoms with Crippen molar-refractivity contribution >= 4 is 39.7 Å². The largest absolute Gasteiger partial charge is 0.452 e. The van der Waals surface area contributed by atoms with E-state index < -0.39 is 5.97 Å². The van der Waals surface area contributed by atoms with Gasteiger partial charge in [-0.25, -0.2) is 4.79 Å². The highest BCUT2D eigenvalue weighted by Gasteiger charge is 2.15. The summed E-state index contributed by atoms with van der Waals surface area (Å²) in [6.07, 6.45) is 0. The van der Waals surface area contributed by atoms with Gasteiger partial charge < -0.3 is 10.1 Å². The molecule has 0 saturated carbocycles. The summed E-state index contributed by atoms with van der Waals surface area (Å²) in [7, 11) is 0. The Kier molecular flexibility index (Phi) is 4.62. The van der Waals surface area contributed by atoms with Gasteiger partial charge >= 0.3 is 5.97 Å². The predicted octanol–water partition coefficient (Wildman–Crippen LogP) is 4.31. The van der Waals surface area contributed by atoms with Gasteiger partial charge in [-0.3, -0.25) is 4.79 Å². The lowest BCUT2D eigenvalue weighted by Crippen LogP contribution is -2.21. The van der Waals surface area contributed by atoms with E-state index in [-0.39, 0.29) is 12.5 Å². The first-order chi connectivity index (χ1) is 11.5. The first-order valence-corrected chi connectivity index (χ1v) is 8.38. The maximum Gasteiger partial charge on any atom is 0.339 e. The number of nitrogens with one attached hydrogen (secondary N) is 1. The molecular weight excluding hydrogens is 322 g/mol. The van der Waals surface area contributed by atoms with E-state index in [2.05, 4.69) is 5.32 Å². The van der Waals surface area contributed by atoms with Crippen LogP contribution in [0.15, 0.2) is 48.5 Å². The quantitative estimate of drug-likeness (QED) is 0.721. The number of carbonyl (C=O) groups excluding carboxylic acids is 2. The third-order valence-electron chi connectivity index (χ3n) is 3.66. The summed E-state index contributed by atoms with van der Waals surface area (Å²) in [5.41, 5.74) is 1.23. The summed E-state index contributed by atoms with van der Waals surface area (Å²) < 4.78 is 5.12. The van der Waals surface area contributed by atoms with Crippen LogP contribution in [-0.4, -0.2) is 18.5 Å². The molecule has 0 saturated heterocycles. The first-order valence-electron chi connectivity index (χ1n) is 7.56. The number of thiophene rings is 1. The van der Waals surface area contributed by atoms with E-state index in [1.54, 1.807) is 6.07 Å². The highest BCUT2D eigenvalue weighted by Crippen LogP contribution is 2.23. The predicted molar refractivity (Wildman–Crippen MR) is 96.7 cm³/mol. The Morgan fingerprint density at radius 1 is 1.08 bits per heavy atom. The lowest BCUT2D eigenvalue weighted by molar-refractivity contribution is -0.119. The fourth-order valence-corrected chi connectivity index (χ4v) is 3.47. The van der Waals surface area contributed by atoms with Gasteiger partial charge in [-0.15, -0.1) is 11.3 Å². The van der Waals surface area contributed by atoms with Gasteiger partial charge in [0.25, 0.3) is 5.91 Å². The zero-order valence-electron chi connectivity index (χ0n) is 13.5. The van der Waals surface area contributed by atoms with E-state index in [0.29, 0.717) is 11.3 Å². The number of anilines is 1. The molecule has 4 nitrogen and oxygen atoms in total. The van der Waals surface area contributed by atoms with Crippen molar-refractivity contribution in [3.05, 3.63) is 63.8 Å². The molecule has 5 heteroatoms. The molecule has 0 aliphatic carbocycles. The smallest absolute Gasteiger partial charge is 0.339 e. The average molecular weight is 339 g/mol. The summed E-state index contributed by atoms with van der Waals surface area (Å²) in [5.74, 6) is -0.825. The van der Waals surface area contributed by atoms with Crippen molar-refractivity contribution in [2.75, 3.05) is 11.9 Å². The second-order valence-corrected chi connectivity index (χ2v) is 6.94. The second kappa shape index (κ2) is 6.84. The molecule has 122 valence electrons. The minimum atomic E-state index is -0.468. The number of ether oxygens (including phenoxy) is 1. The molecule has 3 rings (SSSR count). The van der Waals surface area contributed by atoms with E-state index in [1.807, 2.05) is 56.3 Å². The van der Waals surface area contributed by atoms with Crippen LogP contribution in [0.4, 0.5) is 5.69 Å². The zero-order valence-corrected chi connectivity index (χ0v) is 14.3. The molecule has 0 unspecified atom stereocenters. The number of amides is 1. The van der Waals surface area contributed by atoms with Crippen LogP contribution in [0.3, 0.4) is 0 Å². The Labute approximate surface area is 144 Å². The first kappa shape index (κ1) is 16.2. The molecule has 0 bridgehead atoms. The lowest BCUT2D eigenvalue weighted by atomic mass is 10.1. The van der Waals surface area contributed by atoms with E-state index in [4.69, 9.17) is 4.74 Å². The molecule has 3 aromatic rings. The van der Waals surface area contributed by atoms with Crippen molar-refractivity contribution in [1.82, 2.24) is 0 Å². The van der Waals surface area contributed by atoms with Crippen molar-refractivity contribution in [1.29, 1.82) is 0 Å². The second-order valence-electron chi connectivity index (χ2n) is 5.48. The van der Waals surface area contributed by atoms with Gasteiger partial charge in [0.15, 0.2) is 6.61 Å². The maximum atomic E-state index is 12.1. The van der Waals surface area contributed by atoms with Crippen LogP contribution in [0.5, 0.6) is 0 Å². The normalized spacial score (nSPS) is 10.6. The van der Waals surface area contributed by atoms with Gasteiger partial charge in [0, 0.05) is 20.8 Å². The van der Waals surface area contributed by atoms with Crippen molar-refractivity contribution in [2.45, 2.75) is 13.8 Å². The van der Waals surface area contributed by atoms with Crippen LogP contribution < -0.4 is 5.32 Å². The van der Waals surface area contributed by atoms with Crippen LogP contribution in [-0.2, 0) is 9.53 Å². The van der Waals surface area contributed by atoms with E-state index in [1.165, 1.54) is 11.3 Å². The number of hydrogen-bond acceptors (Lipinski definition) is 4. The minimum Gasteiger partial charge on any atom is -0.452 e. The van der Waals surface area contributed by atoms with Crippen LogP contribution >= 0.6 is 11.3 Å². The Balaban J connectivity index is 1.65. The Hall–Kier alpha value is -2.66. The summed E-state index contributed by atoms with van der Waals surface area (Å²) in [6.45, 7) is 3.49. The molecule has 1 heterocycles. The van der Waals surface area contributed by atoms with Gasteiger partial charge in [-0.2, -0.15) is 0 Å². The third-order valence-corrected chi connectivity index (χ3v) is 4.62. The fourth-order valence-electron chi connectivity index (χ4n) is 2.56. The summed E-state index contributed by atoms with van der Waals surface area (Å²) in [6, 6.07) is 15.2. The molecular formula is C19H17NO3S. The van der Waals surface area contributed by atoms with Gasteiger partial charge in [0.05, 0.1) is 5.56 Å². The third kappa shape index (κ3) is 3.46. The summed E-state index contributed by atoms with van der Waals surface area (Å²) in [5, 5.41) is 4.78. The maximum absolute atomic E-state index is 12.1. The van der Waals surface area contributed by atoms with Gasteiger partial charge in [0.1, 0.15) is 0 Å². The molecule has 2 aromatic carbocycles. The monoisotopic (exact) mass is 339 g/mol. The average Bonchev–Trinajstić information content (AvgIpc) is 2.91. The van der Waals surface area contributed by atoms with Crippen molar-refractivity contribution in [3.63, 3.8) is 0 Å². The van der Waals surface area contributed by atoms with Gasteiger partial charge in [-0.1, -0.05) is 36.4 Å². The summed E-state index contributed by atoms with van der Waals surface area (Å²) >= 11 is 1.53. The molecule has 0 fully saturated rings. The Bertz CT molecular complexity index is 909. The van der Waals surface area contributed by atoms with Crippen molar-refractivity contribution in [2.24, 2.45) is 0 Å². The number of hydrogen-bond donors (Lipinski definition) is 1. The number of rotatable bonds is 4. The van der Waals surface area contributed by atoms with E-state index in [9.17, 15) is 9.59 Å². The molecule has 1 aromatic heterocycles. The zero-order chi connectivity index (χ0) is 17.1. The van der Waals surface area contributed by atoms with Crippen molar-refractivity contribution < 1.29 is 14.3 Å². The molecule has 0 atom stereocenters. The Morgan fingerprint density at radius 2 is 1.83 bits per heavy atom. The molecule has 0 radical (unpaired) electrons. The number of esters is 1. The lowest BCUT2D eigenvalue weighted by Gasteiger charge is -2.09. The van der Waals surface area contributed by atoms with Crippen LogP contribution in [0.25, 0.3) is 10.8 Å². The van der Waals surface area contributed by atoms with Crippen molar-refractivity contribution in [3.8, 4) is 0 Å². The van der Waals surface area contributed by atoms with Crippen LogP contribution in [0.2, 0.25) is 0 Å². The topological polar surface area (TPSA) is 55.4 Å². The number of carbonyl (C=O) groups is 2. The van der Waals surface area contributed by atoms with Gasteiger partial charge in [0.2, 0.25) is 0 Å². The fraction of sp³-hybridized carbons (Fsp3) is 0.158. The minimum absolute atomic E-state index is 0.309. The van der Waals surface area contributed by atoms with Gasteiger partial charge in [-0.05, 0) is 31.4 Å². The van der Waals surface area contributed by atoms with E-state index >= 15 is 0 Å². The number of aryl methyl sites for hydroxylation is 2. The number of fused-ring (bicyclic) bond motifs is 1. The highest BCUT2D eigenvalue weighted by atomic mass is 32.1.